The highest BCUT2D eigenvalue weighted by molar-refractivity contribution is 8.01. The Hall–Kier alpha value is -4.43. The minimum absolute atomic E-state index is 0.0482. The average molecular weight is 558 g/mol. The summed E-state index contributed by atoms with van der Waals surface area (Å²) < 4.78 is 0. The van der Waals surface area contributed by atoms with Crippen molar-refractivity contribution < 1.29 is 29.1 Å². The number of hydrogen-bond acceptors (Lipinski definition) is 12. The lowest BCUT2D eigenvalue weighted by Crippen LogP contribution is -2.71. The quantitative estimate of drug-likeness (QED) is 0.0522. The van der Waals surface area contributed by atoms with E-state index >= 15 is 0 Å². The van der Waals surface area contributed by atoms with Crippen LogP contribution in [0.5, 0.6) is 0 Å². The van der Waals surface area contributed by atoms with Crippen molar-refractivity contribution in [1.29, 1.82) is 0 Å². The monoisotopic (exact) mass is 557 g/mol. The first-order valence-electron chi connectivity index (χ1n) is 10.8. The van der Waals surface area contributed by atoms with Crippen molar-refractivity contribution in [3.8, 4) is 12.3 Å². The first-order chi connectivity index (χ1) is 18.3. The predicted octanol–water partition coefficient (Wildman–Crippen LogP) is -0.564. The SMILES string of the molecule is C#CCON=C(C(=O)NC1C(=O)N2C(C(=O)O)=C(C(C)Sc3nn[nH]n3)CS[C@H]12)c1cccc(NC=O)n1. The van der Waals surface area contributed by atoms with Crippen LogP contribution in [0, 0.1) is 12.3 Å². The van der Waals surface area contributed by atoms with Gasteiger partial charge in [-0.15, -0.1) is 28.4 Å². The maximum Gasteiger partial charge on any atom is 0.352 e. The minimum atomic E-state index is -1.27. The molecule has 0 bridgehead atoms. The van der Waals surface area contributed by atoms with Crippen LogP contribution >= 0.6 is 23.5 Å². The van der Waals surface area contributed by atoms with Crippen LogP contribution in [0.4, 0.5) is 5.82 Å². The molecule has 2 aliphatic rings. The van der Waals surface area contributed by atoms with E-state index in [1.165, 1.54) is 41.7 Å². The van der Waals surface area contributed by atoms with Crippen LogP contribution in [0.2, 0.25) is 0 Å². The molecular weight excluding hydrogens is 538 g/mol. The molecule has 38 heavy (non-hydrogen) atoms. The summed E-state index contributed by atoms with van der Waals surface area (Å²) in [6.45, 7) is 1.55. The van der Waals surface area contributed by atoms with E-state index in [9.17, 15) is 24.3 Å². The van der Waals surface area contributed by atoms with Crippen LogP contribution < -0.4 is 10.6 Å². The zero-order chi connectivity index (χ0) is 27.2. The molecule has 4 rings (SSSR count). The zero-order valence-electron chi connectivity index (χ0n) is 19.5. The number of carbonyl (C=O) groups excluding carboxylic acids is 3. The van der Waals surface area contributed by atoms with Crippen LogP contribution in [0.25, 0.3) is 0 Å². The highest BCUT2D eigenvalue weighted by Crippen LogP contribution is 2.43. The van der Waals surface area contributed by atoms with Gasteiger partial charge in [0, 0.05) is 11.0 Å². The number of amides is 3. The van der Waals surface area contributed by atoms with Gasteiger partial charge in [0.1, 0.15) is 28.6 Å². The number of H-pyrrole nitrogens is 1. The van der Waals surface area contributed by atoms with Gasteiger partial charge < -0.3 is 20.6 Å². The molecule has 2 aromatic heterocycles. The lowest BCUT2D eigenvalue weighted by Gasteiger charge is -2.49. The summed E-state index contributed by atoms with van der Waals surface area (Å²) in [7, 11) is 0. The Morgan fingerprint density at radius 1 is 1.50 bits per heavy atom. The van der Waals surface area contributed by atoms with Crippen molar-refractivity contribution in [1.82, 2.24) is 35.8 Å². The van der Waals surface area contributed by atoms with Crippen molar-refractivity contribution in [2.75, 3.05) is 17.7 Å². The molecule has 1 saturated heterocycles. The van der Waals surface area contributed by atoms with E-state index in [1.807, 2.05) is 0 Å². The number of aromatic nitrogens is 5. The molecule has 0 spiro atoms. The van der Waals surface area contributed by atoms with Crippen LogP contribution in [0.15, 0.2) is 39.8 Å². The Bertz CT molecular complexity index is 1360. The number of aliphatic carboxylic acids is 1. The van der Waals surface area contributed by atoms with E-state index in [0.29, 0.717) is 22.9 Å². The molecule has 1 fully saturated rings. The number of hydrogen-bond donors (Lipinski definition) is 4. The van der Waals surface area contributed by atoms with Crippen molar-refractivity contribution in [2.24, 2.45) is 5.16 Å². The Morgan fingerprint density at radius 2 is 2.32 bits per heavy atom. The van der Waals surface area contributed by atoms with Crippen LogP contribution in [-0.4, -0.2) is 94.5 Å². The van der Waals surface area contributed by atoms with Crippen molar-refractivity contribution in [3.63, 3.8) is 0 Å². The molecule has 2 aliphatic heterocycles. The molecule has 0 saturated carbocycles. The van der Waals surface area contributed by atoms with E-state index in [-0.39, 0.29) is 34.8 Å². The maximum atomic E-state index is 13.2. The lowest BCUT2D eigenvalue weighted by atomic mass is 10.0. The summed E-state index contributed by atoms with van der Waals surface area (Å²) in [5.41, 5.74) is 0.127. The van der Waals surface area contributed by atoms with Gasteiger partial charge in [0.05, 0.1) is 0 Å². The molecule has 2 unspecified atom stereocenters. The lowest BCUT2D eigenvalue weighted by molar-refractivity contribution is -0.150. The van der Waals surface area contributed by atoms with E-state index in [1.54, 1.807) is 6.92 Å². The van der Waals surface area contributed by atoms with Crippen LogP contribution in [0.1, 0.15) is 12.6 Å². The van der Waals surface area contributed by atoms with E-state index in [0.717, 1.165) is 4.90 Å². The standard InChI is InChI=1S/C21H19N9O6S2/c1-3-7-36-27-14(12-5-4-6-13(23-12)22-9-31)17(32)24-15-18(33)30-16(20(34)35)11(8-37-19(15)30)10(2)38-21-25-28-29-26-21/h1,4-6,9-10,15,19H,7-8H2,2H3,(H,24,32)(H,34,35)(H,22,23,31)(H,25,26,28,29)/t10?,15?,19-/m1/s1. The number of oxime groups is 1. The molecule has 4 N–H and O–H groups in total. The molecule has 2 aromatic rings. The summed E-state index contributed by atoms with van der Waals surface area (Å²) in [4.78, 5) is 59.4. The largest absolute Gasteiger partial charge is 0.477 e. The Morgan fingerprint density at radius 3 is 3.00 bits per heavy atom. The first kappa shape index (κ1) is 26.6. The first-order valence-corrected chi connectivity index (χ1v) is 12.7. The number of nitrogens with zero attached hydrogens (tertiary/aromatic N) is 6. The minimum Gasteiger partial charge on any atom is -0.477 e. The van der Waals surface area contributed by atoms with Crippen molar-refractivity contribution in [3.05, 3.63) is 35.2 Å². The molecule has 3 atom stereocenters. The Kier molecular flexibility index (Phi) is 8.23. The highest BCUT2D eigenvalue weighted by atomic mass is 32.2. The Labute approximate surface area is 223 Å². The molecule has 15 nitrogen and oxygen atoms in total. The third-order valence-electron chi connectivity index (χ3n) is 5.30. The second kappa shape index (κ2) is 11.7. The van der Waals surface area contributed by atoms with Gasteiger partial charge in [-0.2, -0.15) is 5.21 Å². The van der Waals surface area contributed by atoms with Crippen LogP contribution in [0.3, 0.4) is 0 Å². The fraction of sp³-hybridized carbons (Fsp3) is 0.286. The Balaban J connectivity index is 1.54. The number of rotatable bonds is 11. The third kappa shape index (κ3) is 5.45. The van der Waals surface area contributed by atoms with Gasteiger partial charge in [-0.05, 0) is 29.8 Å². The summed E-state index contributed by atoms with van der Waals surface area (Å²) >= 11 is 2.50. The van der Waals surface area contributed by atoms with Gasteiger partial charge in [0.15, 0.2) is 12.3 Å². The topological polar surface area (TPSA) is 205 Å². The second-order valence-electron chi connectivity index (χ2n) is 7.58. The smallest absolute Gasteiger partial charge is 0.352 e. The van der Waals surface area contributed by atoms with Gasteiger partial charge in [0.25, 0.3) is 11.8 Å². The van der Waals surface area contributed by atoms with Crippen LogP contribution in [-0.2, 0) is 24.0 Å². The van der Waals surface area contributed by atoms with Gasteiger partial charge in [-0.25, -0.2) is 9.78 Å². The third-order valence-corrected chi connectivity index (χ3v) is 7.63. The summed E-state index contributed by atoms with van der Waals surface area (Å²) in [5, 5.41) is 31.5. The van der Waals surface area contributed by atoms with Gasteiger partial charge in [-0.1, -0.05) is 28.9 Å². The van der Waals surface area contributed by atoms with E-state index in [4.69, 9.17) is 11.3 Å². The number of nitrogens with one attached hydrogen (secondary N) is 3. The molecule has 0 aliphatic carbocycles. The van der Waals surface area contributed by atoms with E-state index in [2.05, 4.69) is 47.3 Å². The normalized spacial score (nSPS) is 19.5. The second-order valence-corrected chi connectivity index (χ2v) is 10.00. The number of pyridine rings is 1. The summed E-state index contributed by atoms with van der Waals surface area (Å²) in [6.07, 6.45) is 5.60. The highest BCUT2D eigenvalue weighted by Gasteiger charge is 2.55. The summed E-state index contributed by atoms with van der Waals surface area (Å²) in [6, 6.07) is 3.46. The van der Waals surface area contributed by atoms with Gasteiger partial charge >= 0.3 is 5.97 Å². The summed E-state index contributed by atoms with van der Waals surface area (Å²) in [5.74, 6) is -0.00787. The number of tetrazole rings is 1. The number of terminal acetylenes is 1. The molecule has 4 heterocycles. The molecule has 196 valence electrons. The van der Waals surface area contributed by atoms with Gasteiger partial charge in [-0.3, -0.25) is 19.3 Å². The molecule has 0 radical (unpaired) electrons. The molecular formula is C21H19N9O6S2. The zero-order valence-corrected chi connectivity index (χ0v) is 21.2. The number of thioether (sulfide) groups is 2. The number of aromatic amines is 1. The average Bonchev–Trinajstić information content (AvgIpc) is 3.42. The fourth-order valence-corrected chi connectivity index (χ4v) is 6.05. The number of carbonyl (C=O) groups is 4. The predicted molar refractivity (Wildman–Crippen MR) is 134 cm³/mol. The number of carboxylic acids is 1. The van der Waals surface area contributed by atoms with Gasteiger partial charge in [0.2, 0.25) is 11.6 Å². The number of carboxylic acid groups (broad SMARTS) is 1. The molecule has 0 aromatic carbocycles. The number of anilines is 1. The molecule has 17 heteroatoms. The fourth-order valence-electron chi connectivity index (χ4n) is 3.64. The van der Waals surface area contributed by atoms with Crippen molar-refractivity contribution >= 4 is 59.2 Å². The molecule has 3 amide bonds. The number of β-lactam (4-membered cyclic amide) rings is 1. The maximum absolute atomic E-state index is 13.2. The van der Waals surface area contributed by atoms with E-state index < -0.39 is 29.2 Å². The number of fused-ring (bicyclic) bond motifs is 1. The van der Waals surface area contributed by atoms with Crippen molar-refractivity contribution in [2.45, 2.75) is 28.7 Å².